The SMILES string of the molecule is NC(=O)C1CCN(c2ncnc3c2cnn3-c2ccccc2)C1. The average molecular weight is 308 g/mol. The smallest absolute Gasteiger partial charge is 0.222 e. The second-order valence-corrected chi connectivity index (χ2v) is 5.66. The quantitative estimate of drug-likeness (QED) is 0.783. The number of benzene rings is 1. The lowest BCUT2D eigenvalue weighted by atomic mass is 10.1. The first kappa shape index (κ1) is 13.7. The van der Waals surface area contributed by atoms with Gasteiger partial charge in [0.25, 0.3) is 0 Å². The molecule has 0 radical (unpaired) electrons. The summed E-state index contributed by atoms with van der Waals surface area (Å²) in [5, 5.41) is 5.32. The fourth-order valence-electron chi connectivity index (χ4n) is 3.03. The van der Waals surface area contributed by atoms with E-state index in [0.717, 1.165) is 35.5 Å². The molecule has 1 saturated heterocycles. The van der Waals surface area contributed by atoms with Gasteiger partial charge in [-0.15, -0.1) is 0 Å². The predicted molar refractivity (Wildman–Crippen MR) is 86.2 cm³/mol. The zero-order valence-corrected chi connectivity index (χ0v) is 12.5. The molecule has 3 heterocycles. The molecule has 2 N–H and O–H groups in total. The highest BCUT2D eigenvalue weighted by Crippen LogP contribution is 2.28. The Hall–Kier alpha value is -2.96. The third-order valence-electron chi connectivity index (χ3n) is 4.24. The maximum atomic E-state index is 11.4. The second-order valence-electron chi connectivity index (χ2n) is 5.66. The summed E-state index contributed by atoms with van der Waals surface area (Å²) >= 11 is 0. The van der Waals surface area contributed by atoms with Crippen LogP contribution < -0.4 is 10.6 Å². The van der Waals surface area contributed by atoms with Gasteiger partial charge in [0.15, 0.2) is 5.65 Å². The Kier molecular flexibility index (Phi) is 3.18. The molecule has 7 heteroatoms. The molecule has 2 aromatic heterocycles. The van der Waals surface area contributed by atoms with Gasteiger partial charge in [0, 0.05) is 13.1 Å². The number of aromatic nitrogens is 4. The molecule has 1 unspecified atom stereocenters. The molecule has 116 valence electrons. The fourth-order valence-corrected chi connectivity index (χ4v) is 3.03. The number of nitrogens with two attached hydrogens (primary N) is 1. The van der Waals surface area contributed by atoms with Crippen LogP contribution in [0.1, 0.15) is 6.42 Å². The maximum Gasteiger partial charge on any atom is 0.222 e. The molecule has 7 nitrogen and oxygen atoms in total. The highest BCUT2D eigenvalue weighted by molar-refractivity contribution is 5.88. The average Bonchev–Trinajstić information content (AvgIpc) is 3.22. The molecule has 0 aliphatic carbocycles. The molecule has 4 rings (SSSR count). The highest BCUT2D eigenvalue weighted by atomic mass is 16.1. The van der Waals surface area contributed by atoms with E-state index in [9.17, 15) is 4.79 Å². The van der Waals surface area contributed by atoms with Crippen molar-refractivity contribution in [2.24, 2.45) is 11.7 Å². The van der Waals surface area contributed by atoms with E-state index in [-0.39, 0.29) is 11.8 Å². The lowest BCUT2D eigenvalue weighted by Crippen LogP contribution is -2.27. The predicted octanol–water partition coefficient (Wildman–Crippen LogP) is 1.13. The summed E-state index contributed by atoms with van der Waals surface area (Å²) in [4.78, 5) is 22.2. The van der Waals surface area contributed by atoms with Gasteiger partial charge in [-0.3, -0.25) is 4.79 Å². The molecular weight excluding hydrogens is 292 g/mol. The van der Waals surface area contributed by atoms with Crippen molar-refractivity contribution in [3.05, 3.63) is 42.9 Å². The van der Waals surface area contributed by atoms with E-state index >= 15 is 0 Å². The molecule has 1 amide bonds. The number of nitrogens with zero attached hydrogens (tertiary/aromatic N) is 5. The Balaban J connectivity index is 1.76. The summed E-state index contributed by atoms with van der Waals surface area (Å²) in [5.41, 5.74) is 7.12. The van der Waals surface area contributed by atoms with E-state index < -0.39 is 0 Å². The number of amides is 1. The van der Waals surface area contributed by atoms with Gasteiger partial charge in [0.1, 0.15) is 12.1 Å². The van der Waals surface area contributed by atoms with E-state index in [1.165, 1.54) is 6.33 Å². The molecule has 0 bridgehead atoms. The summed E-state index contributed by atoms with van der Waals surface area (Å²) in [7, 11) is 0. The van der Waals surface area contributed by atoms with Gasteiger partial charge in [-0.25, -0.2) is 14.6 Å². The number of hydrogen-bond acceptors (Lipinski definition) is 5. The number of carbonyl (C=O) groups is 1. The van der Waals surface area contributed by atoms with Gasteiger partial charge in [-0.1, -0.05) is 18.2 Å². The zero-order valence-electron chi connectivity index (χ0n) is 12.5. The van der Waals surface area contributed by atoms with Gasteiger partial charge < -0.3 is 10.6 Å². The summed E-state index contributed by atoms with van der Waals surface area (Å²) < 4.78 is 1.79. The standard InChI is InChI=1S/C16H16N6O/c17-14(23)11-6-7-21(9-11)15-13-8-20-22(16(13)19-10-18-15)12-4-2-1-3-5-12/h1-5,8,10-11H,6-7,9H2,(H2,17,23). The third-order valence-corrected chi connectivity index (χ3v) is 4.24. The highest BCUT2D eigenvalue weighted by Gasteiger charge is 2.29. The van der Waals surface area contributed by atoms with Gasteiger partial charge in [-0.2, -0.15) is 5.10 Å². The maximum absolute atomic E-state index is 11.4. The van der Waals surface area contributed by atoms with E-state index in [0.29, 0.717) is 6.54 Å². The largest absolute Gasteiger partial charge is 0.369 e. The molecular formula is C16H16N6O. The fraction of sp³-hybridized carbons (Fsp3) is 0.250. The number of rotatable bonds is 3. The number of carbonyl (C=O) groups excluding carboxylic acids is 1. The first-order chi connectivity index (χ1) is 11.2. The molecule has 1 fully saturated rings. The van der Waals surface area contributed by atoms with Crippen LogP contribution in [0.4, 0.5) is 5.82 Å². The second kappa shape index (κ2) is 5.35. The minimum atomic E-state index is -0.252. The third kappa shape index (κ3) is 2.30. The molecule has 0 spiro atoms. The molecule has 1 aliphatic rings. The Bertz CT molecular complexity index is 859. The van der Waals surface area contributed by atoms with Crippen molar-refractivity contribution in [1.29, 1.82) is 0 Å². The lowest BCUT2D eigenvalue weighted by Gasteiger charge is -2.17. The van der Waals surface area contributed by atoms with Crippen molar-refractivity contribution >= 4 is 22.8 Å². The number of anilines is 1. The molecule has 1 atom stereocenters. The van der Waals surface area contributed by atoms with Crippen LogP contribution >= 0.6 is 0 Å². The summed E-state index contributed by atoms with van der Waals surface area (Å²) in [5.74, 6) is 0.433. The summed E-state index contributed by atoms with van der Waals surface area (Å²) in [6, 6.07) is 9.84. The van der Waals surface area contributed by atoms with Crippen LogP contribution in [0.5, 0.6) is 0 Å². The molecule has 1 aromatic carbocycles. The van der Waals surface area contributed by atoms with Crippen molar-refractivity contribution in [3.8, 4) is 5.69 Å². The molecule has 23 heavy (non-hydrogen) atoms. The number of para-hydroxylation sites is 1. The number of primary amides is 1. The van der Waals surface area contributed by atoms with Crippen LogP contribution in [0.3, 0.4) is 0 Å². The zero-order chi connectivity index (χ0) is 15.8. The van der Waals surface area contributed by atoms with Crippen molar-refractivity contribution in [2.75, 3.05) is 18.0 Å². The van der Waals surface area contributed by atoms with Crippen LogP contribution in [0.2, 0.25) is 0 Å². The Morgan fingerprint density at radius 3 is 2.78 bits per heavy atom. The summed E-state index contributed by atoms with van der Waals surface area (Å²) in [6.45, 7) is 1.36. The molecule has 3 aromatic rings. The Morgan fingerprint density at radius 1 is 1.22 bits per heavy atom. The van der Waals surface area contributed by atoms with Crippen molar-refractivity contribution < 1.29 is 4.79 Å². The van der Waals surface area contributed by atoms with Crippen molar-refractivity contribution in [2.45, 2.75) is 6.42 Å². The molecule has 0 saturated carbocycles. The molecule has 1 aliphatic heterocycles. The minimum absolute atomic E-state index is 0.121. The van der Waals surface area contributed by atoms with E-state index in [4.69, 9.17) is 5.73 Å². The lowest BCUT2D eigenvalue weighted by molar-refractivity contribution is -0.121. The van der Waals surface area contributed by atoms with Gasteiger partial charge in [0.05, 0.1) is 23.2 Å². The number of hydrogen-bond donors (Lipinski definition) is 1. The van der Waals surface area contributed by atoms with Crippen LogP contribution in [0.15, 0.2) is 42.9 Å². The first-order valence-corrected chi connectivity index (χ1v) is 7.52. The van der Waals surface area contributed by atoms with E-state index in [1.807, 2.05) is 30.3 Å². The Labute approximate surface area is 132 Å². The van der Waals surface area contributed by atoms with Crippen LogP contribution in [-0.2, 0) is 4.79 Å². The minimum Gasteiger partial charge on any atom is -0.369 e. The van der Waals surface area contributed by atoms with Gasteiger partial charge in [0.2, 0.25) is 5.91 Å². The van der Waals surface area contributed by atoms with Crippen LogP contribution in [0.25, 0.3) is 16.7 Å². The van der Waals surface area contributed by atoms with E-state index in [2.05, 4.69) is 20.0 Å². The van der Waals surface area contributed by atoms with Crippen LogP contribution in [-0.4, -0.2) is 38.7 Å². The number of fused-ring (bicyclic) bond motifs is 1. The summed E-state index contributed by atoms with van der Waals surface area (Å²) in [6.07, 6.45) is 4.07. The first-order valence-electron chi connectivity index (χ1n) is 7.52. The van der Waals surface area contributed by atoms with Crippen molar-refractivity contribution in [3.63, 3.8) is 0 Å². The van der Waals surface area contributed by atoms with Gasteiger partial charge >= 0.3 is 0 Å². The van der Waals surface area contributed by atoms with E-state index in [1.54, 1.807) is 10.9 Å². The van der Waals surface area contributed by atoms with Gasteiger partial charge in [-0.05, 0) is 18.6 Å². The van der Waals surface area contributed by atoms with Crippen molar-refractivity contribution in [1.82, 2.24) is 19.7 Å². The Morgan fingerprint density at radius 2 is 2.04 bits per heavy atom. The normalized spacial score (nSPS) is 17.7. The topological polar surface area (TPSA) is 89.9 Å². The van der Waals surface area contributed by atoms with Crippen LogP contribution in [0, 0.1) is 5.92 Å². The monoisotopic (exact) mass is 308 g/mol.